The second kappa shape index (κ2) is 33.1. The van der Waals surface area contributed by atoms with Gasteiger partial charge in [0, 0.05) is 130 Å². The Morgan fingerprint density at radius 3 is 2.12 bits per heavy atom. The number of alkyl halides is 5. The summed E-state index contributed by atoms with van der Waals surface area (Å²) < 4.78 is 134. The summed E-state index contributed by atoms with van der Waals surface area (Å²) in [6, 6.07) is 22.8. The maximum Gasteiger partial charge on any atom is 0.501 e. The molecule has 0 unspecified atom stereocenters. The number of aryl methyl sites for hydroxylation is 1. The zero-order valence-electron chi connectivity index (χ0n) is 60.7. The number of thioether (sulfide) groups is 1. The second-order valence-corrected chi connectivity index (χ2v) is 37.2. The number of likely N-dealkylation sites (tertiary alicyclic amines) is 1. The van der Waals surface area contributed by atoms with Crippen molar-refractivity contribution in [2.75, 3.05) is 101 Å². The predicted octanol–water partition coefficient (Wildman–Crippen LogP) is 13.6. The summed E-state index contributed by atoms with van der Waals surface area (Å²) in [5.74, 6) is -0.512. The van der Waals surface area contributed by atoms with E-state index in [0.29, 0.717) is 69.5 Å². The minimum Gasteiger partial charge on any atom is -0.493 e. The molecule has 104 heavy (non-hydrogen) atoms. The number of nitrogens with one attached hydrogen (secondary N) is 3. The molecule has 2 bridgehead atoms. The van der Waals surface area contributed by atoms with Crippen LogP contribution < -0.4 is 25.0 Å². The molecule has 4 N–H and O–H groups in total. The highest BCUT2D eigenvalue weighted by atomic mass is 32.2. The largest absolute Gasteiger partial charge is 0.501 e. The number of halogens is 5. The Labute approximate surface area is 618 Å². The Morgan fingerprint density at radius 2 is 1.47 bits per heavy atom. The number of carbonyl (C=O) groups excluding carboxylic acids is 3. The number of hydrogen-bond acceptors (Lipinski definition) is 17. The number of amides is 3. The lowest BCUT2D eigenvalue weighted by Crippen LogP contribution is -2.66. The van der Waals surface area contributed by atoms with Gasteiger partial charge in [-0.05, 0) is 154 Å². The number of β-amino-alcohol motifs (C(OH)–C–C–N with tert-alkyl or cyclic N) is 1. The molecule has 3 atom stereocenters. The van der Waals surface area contributed by atoms with Crippen LogP contribution >= 0.6 is 23.1 Å². The van der Waals surface area contributed by atoms with Crippen LogP contribution in [0.3, 0.4) is 0 Å². The molecule has 1 aromatic heterocycles. The van der Waals surface area contributed by atoms with E-state index in [-0.39, 0.29) is 59.6 Å². The maximum absolute atomic E-state index is 14.6. The Balaban J connectivity index is 0.632. The number of piperazine rings is 2. The van der Waals surface area contributed by atoms with Crippen LogP contribution in [0.5, 0.6) is 5.75 Å². The van der Waals surface area contributed by atoms with Gasteiger partial charge in [-0.25, -0.2) is 35.3 Å². The molecule has 6 fully saturated rings. The van der Waals surface area contributed by atoms with Crippen LogP contribution in [-0.2, 0) is 36.0 Å². The number of benzene rings is 4. The lowest BCUT2D eigenvalue weighted by Gasteiger charge is -2.72. The molecule has 3 aliphatic heterocycles. The third-order valence-corrected chi connectivity index (χ3v) is 26.8. The molecule has 7 aliphatic rings. The molecular weight excluding hydrogens is 1420 g/mol. The molecule has 4 aromatic carbocycles. The number of sulfone groups is 1. The number of ether oxygens (including phenoxy) is 1. The first-order valence-electron chi connectivity index (χ1n) is 36.7. The highest BCUT2D eigenvalue weighted by Crippen LogP contribution is 2.79. The van der Waals surface area contributed by atoms with Crippen molar-refractivity contribution in [1.29, 1.82) is 0 Å². The van der Waals surface area contributed by atoms with Crippen molar-refractivity contribution in [3.8, 4) is 16.2 Å². The average Bonchev–Trinajstić information content (AvgIpc) is 0.692. The Hall–Kier alpha value is -6.20. The van der Waals surface area contributed by atoms with Crippen molar-refractivity contribution in [1.82, 2.24) is 34.6 Å². The van der Waals surface area contributed by atoms with E-state index >= 15 is 0 Å². The zero-order chi connectivity index (χ0) is 74.4. The molecule has 3 saturated carbocycles. The van der Waals surface area contributed by atoms with E-state index in [9.17, 15) is 58.3 Å². The number of sulfonamides is 1. The van der Waals surface area contributed by atoms with Crippen molar-refractivity contribution in [2.45, 2.75) is 189 Å². The van der Waals surface area contributed by atoms with Gasteiger partial charge in [0.05, 0.1) is 39.4 Å². The molecule has 12 rings (SSSR count). The number of rotatable bonds is 32. The van der Waals surface area contributed by atoms with Crippen LogP contribution in [0, 0.1) is 28.6 Å². The summed E-state index contributed by atoms with van der Waals surface area (Å²) in [6.45, 7) is 21.6. The van der Waals surface area contributed by atoms with E-state index in [1.54, 1.807) is 23.5 Å². The molecule has 0 radical (unpaired) electrons. The molecule has 3 saturated heterocycles. The zero-order valence-corrected chi connectivity index (χ0v) is 63.9. The summed E-state index contributed by atoms with van der Waals surface area (Å²) in [7, 11) is -11.1. The Morgan fingerprint density at radius 1 is 0.808 bits per heavy atom. The standard InChI is InChI=1S/C77H102F5N9O9S4/c1-53-69(102-52-84-53)55-18-19-56(45-83-71(95)65-41-60(92)47-91(65)68(93)44-73(2,3)4)66(40-55)100-39-15-10-8-7-9-14-29-87-31-33-88(34-32-87)30-27-58(48-101-61-16-12-11-13-17-61)85-64-25-24-62(42-67(64)103(96,97)77(80,81)82)104(98,99)86-70(94)54-20-22-59(23-21-54)90-37-35-89(36-38-90)46-57-26-28-74(5,6)43-63(57)75-49-76(50-75,51-75)72(78)79/h11-13,16-25,40,42,52,58,60,65,72,85,92H,7-10,14-15,26-39,41,43-51H2,1-6H3,(H,83,95)(H,86,94)/t58-,60-,65+,75?,76?/m1/s1. The average molecular weight is 1520 g/mol. The number of aromatic nitrogens is 1. The number of carbonyl (C=O) groups is 3. The minimum absolute atomic E-state index is 0.0364. The molecule has 5 aromatic rings. The topological polar surface area (TPSA) is 214 Å². The SMILES string of the molecule is Cc1ncsc1-c1ccc(CNC(=O)[C@@H]2C[C@@H](O)CN2C(=O)CC(C)(C)C)c(OCCCCCCCCN2CCN(CC[C@H](CSc3ccccc3)Nc3ccc(S(=O)(=O)NC(=O)c4ccc(N5CCN(CC6=C(C78CC(C(F)F)(C7)C8)CC(C)(C)CC6)CC5)cc4)cc3S(=O)(=O)C(F)(F)F)CC2)c1. The van der Waals surface area contributed by atoms with Crippen LogP contribution in [0.1, 0.15) is 153 Å². The van der Waals surface area contributed by atoms with Gasteiger partial charge in [0.15, 0.2) is 0 Å². The normalized spacial score (nSPS) is 22.3. The van der Waals surface area contributed by atoms with Gasteiger partial charge >= 0.3 is 5.51 Å². The van der Waals surface area contributed by atoms with Gasteiger partial charge in [0.25, 0.3) is 25.8 Å². The van der Waals surface area contributed by atoms with E-state index in [1.165, 1.54) is 39.9 Å². The van der Waals surface area contributed by atoms with E-state index in [4.69, 9.17) is 4.74 Å². The fourth-order valence-electron chi connectivity index (χ4n) is 15.9. The van der Waals surface area contributed by atoms with Crippen LogP contribution in [0.4, 0.5) is 33.3 Å². The number of allylic oxidation sites excluding steroid dienone is 1. The van der Waals surface area contributed by atoms with Crippen LogP contribution in [-0.4, -0.2) is 185 Å². The number of thiazole rings is 1. The van der Waals surface area contributed by atoms with Crippen molar-refractivity contribution < 1.29 is 63.0 Å². The van der Waals surface area contributed by atoms with E-state index in [0.717, 1.165) is 155 Å². The summed E-state index contributed by atoms with van der Waals surface area (Å²) in [6.07, 6.45) is 8.59. The molecule has 568 valence electrons. The lowest BCUT2D eigenvalue weighted by atomic mass is 9.32. The molecule has 18 nitrogen and oxygen atoms in total. The molecule has 3 amide bonds. The molecule has 4 heterocycles. The van der Waals surface area contributed by atoms with Crippen molar-refractivity contribution in [3.63, 3.8) is 0 Å². The Kier molecular flexibility index (Phi) is 25.1. The number of anilines is 2. The van der Waals surface area contributed by atoms with E-state index < -0.39 is 76.8 Å². The van der Waals surface area contributed by atoms with Crippen LogP contribution in [0.15, 0.2) is 122 Å². The van der Waals surface area contributed by atoms with E-state index in [2.05, 4.69) is 49.1 Å². The smallest absolute Gasteiger partial charge is 0.493 e. The number of aliphatic hydroxyl groups excluding tert-OH is 1. The number of hydrogen-bond donors (Lipinski definition) is 4. The van der Waals surface area contributed by atoms with Gasteiger partial charge in [0.1, 0.15) is 16.7 Å². The van der Waals surface area contributed by atoms with Crippen LogP contribution in [0.25, 0.3) is 10.4 Å². The first kappa shape index (κ1) is 78.9. The second-order valence-electron chi connectivity index (χ2n) is 31.7. The van der Waals surface area contributed by atoms with Crippen LogP contribution in [0.2, 0.25) is 0 Å². The predicted molar refractivity (Wildman–Crippen MR) is 398 cm³/mol. The Bertz CT molecular complexity index is 4060. The number of unbranched alkanes of at least 4 members (excludes halogenated alkanes) is 5. The molecular formula is C77H102F5N9O9S4. The summed E-state index contributed by atoms with van der Waals surface area (Å²) in [5, 5.41) is 16.6. The highest BCUT2D eigenvalue weighted by molar-refractivity contribution is 7.99. The van der Waals surface area contributed by atoms with Gasteiger partial charge in [-0.3, -0.25) is 19.3 Å². The van der Waals surface area contributed by atoms with Crippen molar-refractivity contribution >= 4 is 72.1 Å². The van der Waals surface area contributed by atoms with Crippen molar-refractivity contribution in [3.05, 3.63) is 124 Å². The highest BCUT2D eigenvalue weighted by Gasteiger charge is 2.73. The van der Waals surface area contributed by atoms with Gasteiger partial charge < -0.3 is 40.1 Å². The number of aliphatic hydroxyl groups is 1. The summed E-state index contributed by atoms with van der Waals surface area (Å²) in [5.41, 5.74) is 0.900. The molecule has 27 heteroatoms. The summed E-state index contributed by atoms with van der Waals surface area (Å²) in [4.78, 5) is 55.4. The lowest BCUT2D eigenvalue weighted by molar-refractivity contribution is -0.250. The summed E-state index contributed by atoms with van der Waals surface area (Å²) >= 11 is 3.00. The molecule has 4 aliphatic carbocycles. The monoisotopic (exact) mass is 1520 g/mol. The van der Waals surface area contributed by atoms with Gasteiger partial charge in [-0.15, -0.1) is 23.1 Å². The molecule has 0 spiro atoms. The van der Waals surface area contributed by atoms with Gasteiger partial charge in [-0.1, -0.05) is 102 Å². The maximum atomic E-state index is 14.6. The number of nitrogens with zero attached hydrogens (tertiary/aromatic N) is 6. The first-order chi connectivity index (χ1) is 49.3. The fourth-order valence-corrected chi connectivity index (χ4v) is 19.7. The first-order valence-corrected chi connectivity index (χ1v) is 41.5. The van der Waals surface area contributed by atoms with Crippen molar-refractivity contribution in [2.24, 2.45) is 21.7 Å². The van der Waals surface area contributed by atoms with E-state index in [1.807, 2.05) is 86.5 Å². The third-order valence-electron chi connectivity index (χ3n) is 21.8. The van der Waals surface area contributed by atoms with Gasteiger partial charge in [-0.2, -0.15) is 13.2 Å². The fraction of sp³-hybridized carbons (Fsp3) is 0.584. The van der Waals surface area contributed by atoms with Gasteiger partial charge in [0.2, 0.25) is 18.2 Å². The third kappa shape index (κ3) is 19.4. The minimum atomic E-state index is -6.14. The quantitative estimate of drug-likeness (QED) is 0.0136.